The number of furan rings is 1. The molecule has 0 aliphatic carbocycles. The zero-order chi connectivity index (χ0) is 21.2. The number of carbonyl (C=O) groups is 1. The summed E-state index contributed by atoms with van der Waals surface area (Å²) in [4.78, 5) is 12.5. The van der Waals surface area contributed by atoms with Crippen molar-refractivity contribution < 1.29 is 37.0 Å². The van der Waals surface area contributed by atoms with Crippen LogP contribution < -0.4 is 14.9 Å². The number of aliphatic hydroxyl groups is 1. The molecule has 1 aliphatic rings. The van der Waals surface area contributed by atoms with Crippen molar-refractivity contribution >= 4 is 5.91 Å². The lowest BCUT2D eigenvalue weighted by molar-refractivity contribution is -0.299. The van der Waals surface area contributed by atoms with Gasteiger partial charge in [-0.2, -0.15) is 13.2 Å². The van der Waals surface area contributed by atoms with Crippen LogP contribution >= 0.6 is 0 Å². The largest absolute Gasteiger partial charge is 0.494 e. The maximum absolute atomic E-state index is 13.3. The maximum atomic E-state index is 13.3. The Labute approximate surface area is 164 Å². The second-order valence-corrected chi connectivity index (χ2v) is 6.31. The standard InChI is InChI=1S/C19H19F3N2O5/c1-3-27-13-4-6-14(7-5-13)28-11-15-8-9-16(29-15)17(25)24-18(26,19(20,21)22)10-12(2)23-24/h4-9,23,26H,2-3,10-11H2,1H3. The highest BCUT2D eigenvalue weighted by atomic mass is 19.4. The minimum Gasteiger partial charge on any atom is -0.494 e. The Morgan fingerprint density at radius 2 is 1.86 bits per heavy atom. The number of hydrazine groups is 1. The molecule has 1 aromatic carbocycles. The van der Waals surface area contributed by atoms with Crippen LogP contribution in [0.25, 0.3) is 0 Å². The van der Waals surface area contributed by atoms with Crippen LogP contribution in [0.5, 0.6) is 11.5 Å². The smallest absolute Gasteiger partial charge is 0.438 e. The second kappa shape index (κ2) is 7.70. The maximum Gasteiger partial charge on any atom is 0.438 e. The molecule has 156 valence electrons. The number of alkyl halides is 3. The van der Waals surface area contributed by atoms with Gasteiger partial charge in [0.25, 0.3) is 5.72 Å². The minimum atomic E-state index is -5.08. The summed E-state index contributed by atoms with van der Waals surface area (Å²) >= 11 is 0. The van der Waals surface area contributed by atoms with Gasteiger partial charge in [0.05, 0.1) is 6.61 Å². The Kier molecular flexibility index (Phi) is 5.47. The molecule has 2 N–H and O–H groups in total. The third-order valence-electron chi connectivity index (χ3n) is 4.15. The Morgan fingerprint density at radius 3 is 2.45 bits per heavy atom. The van der Waals surface area contributed by atoms with E-state index in [1.807, 2.05) is 6.92 Å². The van der Waals surface area contributed by atoms with E-state index in [1.54, 1.807) is 24.3 Å². The van der Waals surface area contributed by atoms with Gasteiger partial charge in [-0.3, -0.25) is 10.2 Å². The van der Waals surface area contributed by atoms with E-state index in [4.69, 9.17) is 13.9 Å². The number of carbonyl (C=O) groups excluding carboxylic acids is 1. The van der Waals surface area contributed by atoms with Gasteiger partial charge in [-0.1, -0.05) is 6.58 Å². The first-order valence-electron chi connectivity index (χ1n) is 8.66. The lowest BCUT2D eigenvalue weighted by atomic mass is 10.1. The topological polar surface area (TPSA) is 84.2 Å². The van der Waals surface area contributed by atoms with Crippen LogP contribution in [-0.2, 0) is 6.61 Å². The molecule has 3 rings (SSSR count). The molecule has 1 fully saturated rings. The van der Waals surface area contributed by atoms with Crippen molar-refractivity contribution in [3.8, 4) is 11.5 Å². The molecule has 1 aliphatic heterocycles. The summed E-state index contributed by atoms with van der Waals surface area (Å²) in [7, 11) is 0. The summed E-state index contributed by atoms with van der Waals surface area (Å²) in [5, 5.41) is 10.1. The van der Waals surface area contributed by atoms with Crippen LogP contribution in [0.4, 0.5) is 13.2 Å². The molecule has 7 nitrogen and oxygen atoms in total. The van der Waals surface area contributed by atoms with Crippen LogP contribution in [0.15, 0.2) is 53.1 Å². The van der Waals surface area contributed by atoms with Gasteiger partial charge in [-0.05, 0) is 43.3 Å². The fraction of sp³-hybridized carbons (Fsp3) is 0.316. The van der Waals surface area contributed by atoms with Crippen LogP contribution in [0.2, 0.25) is 0 Å². The number of halogens is 3. The number of hydrogen-bond donors (Lipinski definition) is 2. The molecular formula is C19H19F3N2O5. The monoisotopic (exact) mass is 412 g/mol. The molecule has 2 aromatic rings. The zero-order valence-corrected chi connectivity index (χ0v) is 15.5. The van der Waals surface area contributed by atoms with E-state index in [2.05, 4.69) is 12.0 Å². The summed E-state index contributed by atoms with van der Waals surface area (Å²) in [5.41, 5.74) is -1.41. The first-order chi connectivity index (χ1) is 13.6. The van der Waals surface area contributed by atoms with Crippen molar-refractivity contribution in [2.75, 3.05) is 6.61 Å². The fourth-order valence-electron chi connectivity index (χ4n) is 2.75. The molecule has 10 heteroatoms. The molecule has 1 saturated heterocycles. The lowest BCUT2D eigenvalue weighted by Gasteiger charge is -2.32. The van der Waals surface area contributed by atoms with E-state index in [1.165, 1.54) is 12.1 Å². The molecule has 1 aromatic heterocycles. The van der Waals surface area contributed by atoms with Gasteiger partial charge in [-0.25, -0.2) is 5.01 Å². The molecule has 29 heavy (non-hydrogen) atoms. The van der Waals surface area contributed by atoms with E-state index >= 15 is 0 Å². The first kappa shape index (κ1) is 20.6. The number of hydrogen-bond acceptors (Lipinski definition) is 6. The number of nitrogens with one attached hydrogen (secondary N) is 1. The molecule has 1 amide bonds. The predicted octanol–water partition coefficient (Wildman–Crippen LogP) is 3.37. The summed E-state index contributed by atoms with van der Waals surface area (Å²) in [6.07, 6.45) is -5.96. The van der Waals surface area contributed by atoms with Crippen molar-refractivity contribution in [2.45, 2.75) is 31.9 Å². The van der Waals surface area contributed by atoms with Crippen LogP contribution in [0, 0.1) is 0 Å². The van der Waals surface area contributed by atoms with Crippen molar-refractivity contribution in [2.24, 2.45) is 0 Å². The van der Waals surface area contributed by atoms with Gasteiger partial charge in [0.15, 0.2) is 5.76 Å². The average Bonchev–Trinajstić information content (AvgIpc) is 3.25. The quantitative estimate of drug-likeness (QED) is 0.757. The highest BCUT2D eigenvalue weighted by Gasteiger charge is 2.63. The van der Waals surface area contributed by atoms with Gasteiger partial charge in [0.2, 0.25) is 0 Å². The van der Waals surface area contributed by atoms with E-state index in [0.717, 1.165) is 0 Å². The highest BCUT2D eigenvalue weighted by molar-refractivity contribution is 5.92. The molecule has 2 heterocycles. The second-order valence-electron chi connectivity index (χ2n) is 6.31. The number of nitrogens with zero attached hydrogens (tertiary/aromatic N) is 1. The number of benzene rings is 1. The number of ether oxygens (including phenoxy) is 2. The average molecular weight is 412 g/mol. The fourth-order valence-corrected chi connectivity index (χ4v) is 2.75. The first-order valence-corrected chi connectivity index (χ1v) is 8.66. The normalized spacial score (nSPS) is 19.2. The van der Waals surface area contributed by atoms with E-state index in [-0.39, 0.29) is 28.8 Å². The summed E-state index contributed by atoms with van der Waals surface area (Å²) in [6, 6.07) is 9.42. The highest BCUT2D eigenvalue weighted by Crippen LogP contribution is 2.41. The Hall–Kier alpha value is -3.14. The number of rotatable bonds is 6. The van der Waals surface area contributed by atoms with E-state index < -0.39 is 24.2 Å². The number of amides is 1. The SMILES string of the molecule is C=C1CC(O)(C(F)(F)F)N(C(=O)c2ccc(COc3ccc(OCC)cc3)o2)N1. The van der Waals surface area contributed by atoms with Crippen molar-refractivity contribution in [3.63, 3.8) is 0 Å². The van der Waals surface area contributed by atoms with Gasteiger partial charge in [-0.15, -0.1) is 0 Å². The van der Waals surface area contributed by atoms with Crippen LogP contribution in [-0.4, -0.2) is 34.5 Å². The molecule has 0 spiro atoms. The molecule has 0 bridgehead atoms. The van der Waals surface area contributed by atoms with E-state index in [9.17, 15) is 23.1 Å². The minimum absolute atomic E-state index is 0.0507. The molecule has 1 atom stereocenters. The van der Waals surface area contributed by atoms with Gasteiger partial charge in [0, 0.05) is 12.1 Å². The van der Waals surface area contributed by atoms with Crippen LogP contribution in [0.3, 0.4) is 0 Å². The van der Waals surface area contributed by atoms with Gasteiger partial charge < -0.3 is 19.0 Å². The van der Waals surface area contributed by atoms with Crippen molar-refractivity contribution in [1.82, 2.24) is 10.4 Å². The zero-order valence-electron chi connectivity index (χ0n) is 15.5. The predicted molar refractivity (Wildman–Crippen MR) is 94.7 cm³/mol. The van der Waals surface area contributed by atoms with Crippen molar-refractivity contribution in [1.29, 1.82) is 0 Å². The molecule has 1 unspecified atom stereocenters. The molecule has 0 radical (unpaired) electrons. The summed E-state index contributed by atoms with van der Waals surface area (Å²) < 4.78 is 55.9. The third kappa shape index (κ3) is 4.16. The summed E-state index contributed by atoms with van der Waals surface area (Å²) in [6.45, 7) is 5.70. The van der Waals surface area contributed by atoms with Gasteiger partial charge >= 0.3 is 12.1 Å². The van der Waals surface area contributed by atoms with E-state index in [0.29, 0.717) is 18.1 Å². The third-order valence-corrected chi connectivity index (χ3v) is 4.15. The van der Waals surface area contributed by atoms with Gasteiger partial charge in [0.1, 0.15) is 23.9 Å². The lowest BCUT2D eigenvalue weighted by Crippen LogP contribution is -2.59. The van der Waals surface area contributed by atoms with Crippen LogP contribution in [0.1, 0.15) is 29.7 Å². The molecule has 0 saturated carbocycles. The Bertz CT molecular complexity index is 894. The Balaban J connectivity index is 1.67. The summed E-state index contributed by atoms with van der Waals surface area (Å²) in [5.74, 6) is -0.156. The van der Waals surface area contributed by atoms with Crippen molar-refractivity contribution in [3.05, 3.63) is 60.2 Å². The Morgan fingerprint density at radius 1 is 1.24 bits per heavy atom. The molecular weight excluding hydrogens is 393 g/mol.